The summed E-state index contributed by atoms with van der Waals surface area (Å²) >= 11 is 0. The van der Waals surface area contributed by atoms with Crippen molar-refractivity contribution in [2.75, 3.05) is 0 Å². The predicted molar refractivity (Wildman–Crippen MR) is 159 cm³/mol. The highest BCUT2D eigenvalue weighted by Gasteiger charge is 2.58. The lowest BCUT2D eigenvalue weighted by molar-refractivity contribution is 0.632. The van der Waals surface area contributed by atoms with E-state index in [0.717, 1.165) is 0 Å². The average Bonchev–Trinajstić information content (AvgIpc) is 3.45. The number of hydrogen-bond acceptors (Lipinski definition) is 0. The predicted octanol–water partition coefficient (Wildman–Crippen LogP) is 9.03. The fourth-order valence-electron chi connectivity index (χ4n) is 8.35. The summed E-state index contributed by atoms with van der Waals surface area (Å²) in [6.45, 7) is 2.22. The largest absolute Gasteiger partial charge is 0.0720 e. The lowest BCUT2D eigenvalue weighted by Crippen LogP contribution is -2.43. The first-order chi connectivity index (χ1) is 19.3. The summed E-state index contributed by atoms with van der Waals surface area (Å²) in [4.78, 5) is 0. The van der Waals surface area contributed by atoms with Crippen molar-refractivity contribution in [1.29, 1.82) is 0 Å². The van der Waals surface area contributed by atoms with Crippen LogP contribution in [0.2, 0.25) is 0 Å². The zero-order valence-corrected chi connectivity index (χ0v) is 21.8. The third kappa shape index (κ3) is 2.30. The number of aryl methyl sites for hydroxylation is 1. The lowest BCUT2D eigenvalue weighted by Gasteiger charge is -2.48. The van der Waals surface area contributed by atoms with Gasteiger partial charge < -0.3 is 0 Å². The minimum atomic E-state index is -0.372. The van der Waals surface area contributed by atoms with E-state index in [1.54, 1.807) is 0 Å². The molecule has 6 aromatic carbocycles. The monoisotopic (exact) mass is 494 g/mol. The molecule has 9 rings (SSSR count). The van der Waals surface area contributed by atoms with Crippen LogP contribution in [0.15, 0.2) is 140 Å². The van der Waals surface area contributed by atoms with E-state index in [1.165, 1.54) is 72.3 Å². The van der Waals surface area contributed by atoms with Crippen molar-refractivity contribution in [3.63, 3.8) is 0 Å². The Morgan fingerprint density at radius 3 is 1.03 bits per heavy atom. The molecule has 0 bridgehead atoms. The first-order valence-electron chi connectivity index (χ1n) is 13.9. The molecule has 0 aliphatic heterocycles. The molecule has 0 fully saturated rings. The topological polar surface area (TPSA) is 0 Å². The Hall–Kier alpha value is -4.68. The van der Waals surface area contributed by atoms with Gasteiger partial charge in [-0.05, 0) is 73.7 Å². The highest BCUT2D eigenvalue weighted by Crippen LogP contribution is 2.67. The Balaban J connectivity index is 1.54. The van der Waals surface area contributed by atoms with E-state index in [-0.39, 0.29) is 10.8 Å². The maximum absolute atomic E-state index is 2.44. The van der Waals surface area contributed by atoms with Gasteiger partial charge in [-0.2, -0.15) is 0 Å². The Morgan fingerprint density at radius 2 is 0.615 bits per heavy atom. The second-order valence-corrected chi connectivity index (χ2v) is 11.3. The zero-order chi connectivity index (χ0) is 25.8. The van der Waals surface area contributed by atoms with Crippen LogP contribution in [-0.4, -0.2) is 0 Å². The molecule has 0 N–H and O–H groups in total. The van der Waals surface area contributed by atoms with E-state index < -0.39 is 0 Å². The summed E-state index contributed by atoms with van der Waals surface area (Å²) in [5.41, 5.74) is 17.1. The first-order valence-corrected chi connectivity index (χ1v) is 13.9. The van der Waals surface area contributed by atoms with Crippen molar-refractivity contribution in [1.82, 2.24) is 0 Å². The maximum Gasteiger partial charge on any atom is 0.0720 e. The van der Waals surface area contributed by atoms with E-state index in [4.69, 9.17) is 0 Å². The molecule has 0 saturated heterocycles. The summed E-state index contributed by atoms with van der Waals surface area (Å²) in [5.74, 6) is 0. The van der Waals surface area contributed by atoms with Crippen LogP contribution in [-0.2, 0) is 10.8 Å². The number of benzene rings is 6. The number of rotatable bonds is 0. The third-order valence-electron chi connectivity index (χ3n) is 9.62. The molecule has 0 radical (unpaired) electrons. The van der Waals surface area contributed by atoms with Crippen molar-refractivity contribution in [3.05, 3.63) is 190 Å². The number of fused-ring (bicyclic) bond motifs is 16. The smallest absolute Gasteiger partial charge is 0.0619 e. The lowest BCUT2D eigenvalue weighted by atomic mass is 9.52. The summed E-state index contributed by atoms with van der Waals surface area (Å²) in [7, 11) is 0. The van der Waals surface area contributed by atoms with Crippen LogP contribution in [0.25, 0.3) is 22.3 Å². The van der Waals surface area contributed by atoms with Crippen molar-refractivity contribution in [2.45, 2.75) is 17.8 Å². The van der Waals surface area contributed by atoms with E-state index in [0.29, 0.717) is 0 Å². The number of hydrogen-bond donors (Lipinski definition) is 0. The second kappa shape index (κ2) is 7.24. The molecule has 0 amide bonds. The van der Waals surface area contributed by atoms with Crippen LogP contribution in [0, 0.1) is 6.92 Å². The van der Waals surface area contributed by atoms with Gasteiger partial charge in [-0.15, -0.1) is 0 Å². The SMILES string of the molecule is Cc1ccc2c(c1)C1(c3ccccc3-2)c2ccccc2C2(c3ccccc3-c3ccccc32)c2ccccc21. The van der Waals surface area contributed by atoms with Gasteiger partial charge in [0.25, 0.3) is 0 Å². The normalized spacial score (nSPS) is 15.7. The van der Waals surface area contributed by atoms with Crippen LogP contribution >= 0.6 is 0 Å². The Labute approximate surface area is 229 Å². The van der Waals surface area contributed by atoms with E-state index in [1.807, 2.05) is 0 Å². The van der Waals surface area contributed by atoms with Gasteiger partial charge in [0, 0.05) is 0 Å². The molecule has 3 aliphatic carbocycles. The van der Waals surface area contributed by atoms with Gasteiger partial charge in [0.15, 0.2) is 0 Å². The van der Waals surface area contributed by atoms with Gasteiger partial charge in [0.05, 0.1) is 10.8 Å². The molecule has 3 aliphatic rings. The molecule has 0 nitrogen and oxygen atoms in total. The molecule has 0 heterocycles. The molecule has 0 atom stereocenters. The average molecular weight is 495 g/mol. The van der Waals surface area contributed by atoms with Gasteiger partial charge in [-0.3, -0.25) is 0 Å². The van der Waals surface area contributed by atoms with Gasteiger partial charge in [-0.25, -0.2) is 0 Å². The van der Waals surface area contributed by atoms with Gasteiger partial charge in [-0.1, -0.05) is 145 Å². The quantitative estimate of drug-likeness (QED) is 0.197. The standard InChI is InChI=1S/C39H26/c1-25-22-23-29-28-14-4-7-17-32(28)39(37(29)24-25)35-20-10-8-18-33(35)38(34-19-9-11-21-36(34)39)30-15-5-2-12-26(30)27-13-3-6-16-31(27)38/h2-24H,1H3. The molecule has 182 valence electrons. The fourth-order valence-corrected chi connectivity index (χ4v) is 8.35. The molecule has 0 saturated carbocycles. The van der Waals surface area contributed by atoms with Gasteiger partial charge in [0.2, 0.25) is 0 Å². The fraction of sp³-hybridized carbons (Fsp3) is 0.0769. The van der Waals surface area contributed by atoms with E-state index in [9.17, 15) is 0 Å². The van der Waals surface area contributed by atoms with Gasteiger partial charge >= 0.3 is 0 Å². The molecular weight excluding hydrogens is 468 g/mol. The molecule has 0 heteroatoms. The molecule has 0 unspecified atom stereocenters. The van der Waals surface area contributed by atoms with Crippen LogP contribution in [0.5, 0.6) is 0 Å². The molecule has 2 spiro atoms. The van der Waals surface area contributed by atoms with Crippen LogP contribution in [0.1, 0.15) is 50.1 Å². The van der Waals surface area contributed by atoms with Crippen LogP contribution in [0.3, 0.4) is 0 Å². The summed E-state index contributed by atoms with van der Waals surface area (Å²) in [5, 5.41) is 0. The highest BCUT2D eigenvalue weighted by molar-refractivity contribution is 5.93. The Bertz CT molecular complexity index is 1890. The minimum Gasteiger partial charge on any atom is -0.0619 e. The van der Waals surface area contributed by atoms with Gasteiger partial charge in [0.1, 0.15) is 0 Å². The summed E-state index contributed by atoms with van der Waals surface area (Å²) in [6, 6.07) is 52.9. The first kappa shape index (κ1) is 21.3. The molecular formula is C39H26. The van der Waals surface area contributed by atoms with E-state index in [2.05, 4.69) is 146 Å². The maximum atomic E-state index is 2.44. The van der Waals surface area contributed by atoms with E-state index >= 15 is 0 Å². The molecule has 0 aromatic heterocycles. The van der Waals surface area contributed by atoms with Crippen molar-refractivity contribution >= 4 is 0 Å². The second-order valence-electron chi connectivity index (χ2n) is 11.3. The summed E-state index contributed by atoms with van der Waals surface area (Å²) in [6.07, 6.45) is 0. The van der Waals surface area contributed by atoms with Crippen LogP contribution < -0.4 is 0 Å². The van der Waals surface area contributed by atoms with Crippen molar-refractivity contribution in [3.8, 4) is 22.3 Å². The van der Waals surface area contributed by atoms with Crippen molar-refractivity contribution < 1.29 is 0 Å². The van der Waals surface area contributed by atoms with Crippen LogP contribution in [0.4, 0.5) is 0 Å². The van der Waals surface area contributed by atoms with Crippen molar-refractivity contribution in [2.24, 2.45) is 0 Å². The molecule has 39 heavy (non-hydrogen) atoms. The third-order valence-corrected chi connectivity index (χ3v) is 9.62. The summed E-state index contributed by atoms with van der Waals surface area (Å²) < 4.78 is 0. The minimum absolute atomic E-state index is 0.368. The zero-order valence-electron chi connectivity index (χ0n) is 21.8. The Morgan fingerprint density at radius 1 is 0.308 bits per heavy atom. The Kier molecular flexibility index (Phi) is 3.95. The highest BCUT2D eigenvalue weighted by atomic mass is 14.6. The molecule has 6 aromatic rings.